The van der Waals surface area contributed by atoms with E-state index in [1.54, 1.807) is 0 Å². The molecular weight excluding hydrogens is 204 g/mol. The fourth-order valence-corrected chi connectivity index (χ4v) is 2.25. The Bertz CT molecular complexity index is 234. The van der Waals surface area contributed by atoms with Gasteiger partial charge in [-0.05, 0) is 39.9 Å². The summed E-state index contributed by atoms with van der Waals surface area (Å²) in [5.41, 5.74) is 2.18. The molecule has 94 valence electrons. The molecule has 1 heterocycles. The predicted molar refractivity (Wildman–Crippen MR) is 64.6 cm³/mol. The molecule has 2 atom stereocenters. The van der Waals surface area contributed by atoms with Crippen LogP contribution >= 0.6 is 0 Å². The van der Waals surface area contributed by atoms with Crippen molar-refractivity contribution in [2.24, 2.45) is 11.8 Å². The van der Waals surface area contributed by atoms with E-state index in [0.29, 0.717) is 6.42 Å². The van der Waals surface area contributed by atoms with Gasteiger partial charge < -0.3 is 9.80 Å². The second-order valence-corrected chi connectivity index (χ2v) is 4.98. The number of nitrogens with two attached hydrogens (primary N) is 1. The smallest absolute Gasteiger partial charge is 0.235 e. The first-order valence-electron chi connectivity index (χ1n) is 5.91. The summed E-state index contributed by atoms with van der Waals surface area (Å²) in [5.74, 6) is 5.72. The summed E-state index contributed by atoms with van der Waals surface area (Å²) < 4.78 is 0. The van der Waals surface area contributed by atoms with E-state index in [0.717, 1.165) is 12.5 Å². The number of amides is 1. The van der Waals surface area contributed by atoms with Gasteiger partial charge in [0.15, 0.2) is 0 Å². The maximum Gasteiger partial charge on any atom is 0.235 e. The van der Waals surface area contributed by atoms with Gasteiger partial charge in [0, 0.05) is 25.6 Å². The summed E-state index contributed by atoms with van der Waals surface area (Å²) in [6.07, 6.45) is 1.73. The summed E-state index contributed by atoms with van der Waals surface area (Å²) in [6, 6.07) is 0.245. The van der Waals surface area contributed by atoms with Crippen LogP contribution in [0.25, 0.3) is 0 Å². The number of likely N-dealkylation sites (tertiary alicyclic amines) is 1. The molecule has 0 aromatic rings. The minimum atomic E-state index is -0.0945. The summed E-state index contributed by atoms with van der Waals surface area (Å²) in [6.45, 7) is 5.48. The molecule has 5 nitrogen and oxygen atoms in total. The molecule has 2 unspecified atom stereocenters. The van der Waals surface area contributed by atoms with Gasteiger partial charge in [-0.25, -0.2) is 5.84 Å². The van der Waals surface area contributed by atoms with Crippen molar-refractivity contribution in [2.75, 3.05) is 33.7 Å². The zero-order valence-electron chi connectivity index (χ0n) is 10.6. The van der Waals surface area contributed by atoms with Crippen molar-refractivity contribution in [1.29, 1.82) is 0 Å². The van der Waals surface area contributed by atoms with Crippen molar-refractivity contribution >= 4 is 5.91 Å². The Kier molecular flexibility index (Phi) is 5.18. The van der Waals surface area contributed by atoms with E-state index in [9.17, 15) is 4.79 Å². The standard InChI is InChI=1S/C11H24N4O/c1-9(6-11(16)13-12)15(3)8-10-4-5-14(2)7-10/h9-10H,4-8,12H2,1-3H3,(H,13,16). The van der Waals surface area contributed by atoms with Crippen LogP contribution in [0.3, 0.4) is 0 Å². The molecule has 1 fully saturated rings. The Labute approximate surface area is 97.9 Å². The Hall–Kier alpha value is -0.650. The lowest BCUT2D eigenvalue weighted by Crippen LogP contribution is -2.40. The third-order valence-electron chi connectivity index (χ3n) is 3.43. The molecule has 0 aromatic heterocycles. The van der Waals surface area contributed by atoms with Crippen molar-refractivity contribution in [3.05, 3.63) is 0 Å². The number of rotatable bonds is 5. The minimum Gasteiger partial charge on any atom is -0.306 e. The summed E-state index contributed by atoms with van der Waals surface area (Å²) in [7, 11) is 4.23. The van der Waals surface area contributed by atoms with Gasteiger partial charge in [0.2, 0.25) is 5.91 Å². The first-order valence-corrected chi connectivity index (χ1v) is 5.91. The maximum absolute atomic E-state index is 11.1. The number of hydrogen-bond donors (Lipinski definition) is 2. The van der Waals surface area contributed by atoms with Crippen LogP contribution in [0.1, 0.15) is 19.8 Å². The van der Waals surface area contributed by atoms with Gasteiger partial charge >= 0.3 is 0 Å². The van der Waals surface area contributed by atoms with Gasteiger partial charge in [-0.1, -0.05) is 0 Å². The molecule has 3 N–H and O–H groups in total. The highest BCUT2D eigenvalue weighted by molar-refractivity contribution is 5.75. The molecular formula is C11H24N4O. The van der Waals surface area contributed by atoms with Crippen LogP contribution in [0, 0.1) is 5.92 Å². The third kappa shape index (κ3) is 4.08. The largest absolute Gasteiger partial charge is 0.306 e. The summed E-state index contributed by atoms with van der Waals surface area (Å²) in [4.78, 5) is 15.8. The fourth-order valence-electron chi connectivity index (χ4n) is 2.25. The fraction of sp³-hybridized carbons (Fsp3) is 0.909. The summed E-state index contributed by atoms with van der Waals surface area (Å²) in [5, 5.41) is 0. The average molecular weight is 228 g/mol. The molecule has 1 aliphatic rings. The third-order valence-corrected chi connectivity index (χ3v) is 3.43. The molecule has 1 saturated heterocycles. The number of hydrogen-bond acceptors (Lipinski definition) is 4. The van der Waals surface area contributed by atoms with Crippen LogP contribution in [-0.2, 0) is 4.79 Å². The molecule has 0 aliphatic carbocycles. The Morgan fingerprint density at radius 3 is 2.88 bits per heavy atom. The lowest BCUT2D eigenvalue weighted by molar-refractivity contribution is -0.122. The first kappa shape index (κ1) is 13.4. The average Bonchev–Trinajstić information content (AvgIpc) is 2.63. The molecule has 1 aliphatic heterocycles. The van der Waals surface area contributed by atoms with Crippen molar-refractivity contribution in [3.63, 3.8) is 0 Å². The number of hydrazine groups is 1. The number of carbonyl (C=O) groups is 1. The van der Waals surface area contributed by atoms with E-state index in [1.165, 1.54) is 19.5 Å². The van der Waals surface area contributed by atoms with Crippen LogP contribution in [0.4, 0.5) is 0 Å². The van der Waals surface area contributed by atoms with Crippen molar-refractivity contribution in [2.45, 2.75) is 25.8 Å². The molecule has 5 heteroatoms. The van der Waals surface area contributed by atoms with Crippen LogP contribution < -0.4 is 11.3 Å². The molecule has 16 heavy (non-hydrogen) atoms. The van der Waals surface area contributed by atoms with Crippen LogP contribution in [0.15, 0.2) is 0 Å². The molecule has 1 rings (SSSR count). The highest BCUT2D eigenvalue weighted by Crippen LogP contribution is 2.16. The molecule has 0 bridgehead atoms. The van der Waals surface area contributed by atoms with Crippen molar-refractivity contribution in [1.82, 2.24) is 15.2 Å². The van der Waals surface area contributed by atoms with Crippen LogP contribution in [-0.4, -0.2) is 55.5 Å². The van der Waals surface area contributed by atoms with Gasteiger partial charge in [-0.3, -0.25) is 10.2 Å². The van der Waals surface area contributed by atoms with Gasteiger partial charge in [-0.2, -0.15) is 0 Å². The second kappa shape index (κ2) is 6.18. The SMILES string of the molecule is CC(CC(=O)NN)N(C)CC1CCN(C)C1. The van der Waals surface area contributed by atoms with E-state index < -0.39 is 0 Å². The second-order valence-electron chi connectivity index (χ2n) is 4.98. The van der Waals surface area contributed by atoms with Crippen LogP contribution in [0.5, 0.6) is 0 Å². The quantitative estimate of drug-likeness (QED) is 0.383. The highest BCUT2D eigenvalue weighted by atomic mass is 16.2. The number of nitrogens with zero attached hydrogens (tertiary/aromatic N) is 2. The van der Waals surface area contributed by atoms with E-state index in [1.807, 2.05) is 0 Å². The zero-order valence-corrected chi connectivity index (χ0v) is 10.6. The zero-order chi connectivity index (χ0) is 12.1. The molecule has 0 aromatic carbocycles. The van der Waals surface area contributed by atoms with Crippen molar-refractivity contribution in [3.8, 4) is 0 Å². The van der Waals surface area contributed by atoms with Gasteiger partial charge in [0.25, 0.3) is 0 Å². The highest BCUT2D eigenvalue weighted by Gasteiger charge is 2.23. The Balaban J connectivity index is 2.28. The predicted octanol–water partition coefficient (Wildman–Crippen LogP) is -0.362. The van der Waals surface area contributed by atoms with Crippen LogP contribution in [0.2, 0.25) is 0 Å². The number of carbonyl (C=O) groups excluding carboxylic acids is 1. The van der Waals surface area contributed by atoms with Gasteiger partial charge in [0.1, 0.15) is 0 Å². The van der Waals surface area contributed by atoms with Gasteiger partial charge in [-0.15, -0.1) is 0 Å². The lowest BCUT2D eigenvalue weighted by Gasteiger charge is -2.26. The molecule has 0 saturated carbocycles. The Morgan fingerprint density at radius 2 is 2.38 bits per heavy atom. The lowest BCUT2D eigenvalue weighted by atomic mass is 10.1. The van der Waals surface area contributed by atoms with E-state index >= 15 is 0 Å². The minimum absolute atomic E-state index is 0.0945. The topological polar surface area (TPSA) is 61.6 Å². The normalized spacial score (nSPS) is 23.7. The molecule has 1 amide bonds. The van der Waals surface area contributed by atoms with E-state index in [-0.39, 0.29) is 11.9 Å². The number of nitrogens with one attached hydrogen (secondary N) is 1. The van der Waals surface area contributed by atoms with Gasteiger partial charge in [0.05, 0.1) is 0 Å². The first-order chi connectivity index (χ1) is 7.52. The molecule has 0 spiro atoms. The van der Waals surface area contributed by atoms with Crippen molar-refractivity contribution < 1.29 is 4.79 Å². The monoisotopic (exact) mass is 228 g/mol. The molecule has 0 radical (unpaired) electrons. The van der Waals surface area contributed by atoms with E-state index in [4.69, 9.17) is 5.84 Å². The Morgan fingerprint density at radius 1 is 1.69 bits per heavy atom. The summed E-state index contributed by atoms with van der Waals surface area (Å²) >= 11 is 0. The van der Waals surface area contributed by atoms with E-state index in [2.05, 4.69) is 36.2 Å². The maximum atomic E-state index is 11.1.